The molecule has 0 aliphatic rings. The first-order valence-corrected chi connectivity index (χ1v) is 6.98. The minimum Gasteiger partial charge on any atom is -0.391 e. The fourth-order valence-corrected chi connectivity index (χ4v) is 1.75. The van der Waals surface area contributed by atoms with Crippen LogP contribution in [0, 0.1) is 11.8 Å². The Labute approximate surface area is 130 Å². The summed E-state index contributed by atoms with van der Waals surface area (Å²) >= 11 is 0. The number of nitrogens with one attached hydrogen (secondary N) is 1. The average molecular weight is 294 g/mol. The van der Waals surface area contributed by atoms with Crippen molar-refractivity contribution in [3.63, 3.8) is 0 Å². The van der Waals surface area contributed by atoms with Crippen LogP contribution in [0.5, 0.6) is 0 Å². The molecule has 0 saturated heterocycles. The Kier molecular flexibility index (Phi) is 5.31. The van der Waals surface area contributed by atoms with E-state index in [1.165, 1.54) is 6.92 Å². The van der Waals surface area contributed by atoms with E-state index in [1.807, 2.05) is 42.5 Å². The lowest BCUT2D eigenvalue weighted by molar-refractivity contribution is -0.119. The molecular weight excluding hydrogens is 276 g/mol. The van der Waals surface area contributed by atoms with E-state index in [0.717, 1.165) is 11.1 Å². The summed E-state index contributed by atoms with van der Waals surface area (Å²) in [7, 11) is 0. The van der Waals surface area contributed by atoms with Gasteiger partial charge in [0.15, 0.2) is 0 Å². The number of amides is 1. The molecule has 2 aromatic carbocycles. The molecule has 2 rings (SSSR count). The summed E-state index contributed by atoms with van der Waals surface area (Å²) in [5, 5.41) is 11.9. The zero-order valence-corrected chi connectivity index (χ0v) is 12.3. The Morgan fingerprint density at radius 1 is 1.05 bits per heavy atom. The van der Waals surface area contributed by atoms with Gasteiger partial charge in [0.05, 0.1) is 6.10 Å². The molecule has 2 atom stereocenters. The highest BCUT2D eigenvalue weighted by Crippen LogP contribution is 2.10. The molecule has 4 N–H and O–H groups in total. The molecule has 0 heterocycles. The van der Waals surface area contributed by atoms with Crippen molar-refractivity contribution in [2.45, 2.75) is 19.1 Å². The Morgan fingerprint density at radius 3 is 2.14 bits per heavy atom. The predicted molar refractivity (Wildman–Crippen MR) is 87.1 cm³/mol. The third kappa shape index (κ3) is 4.45. The van der Waals surface area contributed by atoms with Crippen LogP contribution < -0.4 is 11.1 Å². The molecule has 0 spiro atoms. The van der Waals surface area contributed by atoms with Gasteiger partial charge in [0.2, 0.25) is 5.91 Å². The number of aliphatic hydroxyl groups is 1. The van der Waals surface area contributed by atoms with E-state index in [9.17, 15) is 9.90 Å². The number of nitrogens with two attached hydrogens (primary N) is 1. The number of hydrogen-bond acceptors (Lipinski definition) is 3. The third-order valence-corrected chi connectivity index (χ3v) is 3.10. The van der Waals surface area contributed by atoms with E-state index < -0.39 is 18.1 Å². The molecule has 22 heavy (non-hydrogen) atoms. The molecule has 1 amide bonds. The highest BCUT2D eigenvalue weighted by Gasteiger charge is 2.18. The van der Waals surface area contributed by atoms with Gasteiger partial charge in [-0.05, 0) is 43.3 Å². The highest BCUT2D eigenvalue weighted by molar-refractivity contribution is 5.95. The summed E-state index contributed by atoms with van der Waals surface area (Å²) in [6.07, 6.45) is -0.893. The molecule has 0 aromatic heterocycles. The Balaban J connectivity index is 2.02. The quantitative estimate of drug-likeness (QED) is 0.755. The molecule has 4 nitrogen and oxygen atoms in total. The minimum atomic E-state index is -0.947. The molecule has 2 aromatic rings. The van der Waals surface area contributed by atoms with Crippen LogP contribution in [-0.2, 0) is 4.79 Å². The number of hydrogen-bond donors (Lipinski definition) is 3. The molecular formula is C18H18N2O2. The Morgan fingerprint density at radius 2 is 1.59 bits per heavy atom. The first kappa shape index (κ1) is 15.8. The van der Waals surface area contributed by atoms with Crippen LogP contribution >= 0.6 is 0 Å². The SMILES string of the molecule is C[C@@H](O)[C@H](N)C(=O)Nc1ccc(C#Cc2ccccc2)cc1. The van der Waals surface area contributed by atoms with Gasteiger partial charge in [-0.2, -0.15) is 0 Å². The maximum absolute atomic E-state index is 11.7. The lowest BCUT2D eigenvalue weighted by atomic mass is 10.1. The van der Waals surface area contributed by atoms with E-state index in [1.54, 1.807) is 12.1 Å². The van der Waals surface area contributed by atoms with Crippen molar-refractivity contribution in [3.8, 4) is 11.8 Å². The molecule has 0 aliphatic heterocycles. The zero-order chi connectivity index (χ0) is 15.9. The van der Waals surface area contributed by atoms with E-state index >= 15 is 0 Å². The van der Waals surface area contributed by atoms with E-state index in [4.69, 9.17) is 5.73 Å². The van der Waals surface area contributed by atoms with Crippen LogP contribution in [0.2, 0.25) is 0 Å². The van der Waals surface area contributed by atoms with E-state index in [-0.39, 0.29) is 0 Å². The topological polar surface area (TPSA) is 75.3 Å². The van der Waals surface area contributed by atoms with Crippen molar-refractivity contribution < 1.29 is 9.90 Å². The highest BCUT2D eigenvalue weighted by atomic mass is 16.3. The van der Waals surface area contributed by atoms with Gasteiger partial charge in [0.1, 0.15) is 6.04 Å². The lowest BCUT2D eigenvalue weighted by Gasteiger charge is -2.14. The molecule has 0 unspecified atom stereocenters. The van der Waals surface area contributed by atoms with Gasteiger partial charge >= 0.3 is 0 Å². The van der Waals surface area contributed by atoms with Gasteiger partial charge in [-0.25, -0.2) is 0 Å². The molecule has 0 aliphatic carbocycles. The number of carbonyl (C=O) groups excluding carboxylic acids is 1. The number of anilines is 1. The standard InChI is InChI=1S/C18H18N2O2/c1-13(21)17(19)18(22)20-16-11-9-15(10-12-16)8-7-14-5-3-2-4-6-14/h2-6,9-13,17,21H,19H2,1H3,(H,20,22)/t13-,17+/m1/s1. The third-order valence-electron chi connectivity index (χ3n) is 3.10. The summed E-state index contributed by atoms with van der Waals surface area (Å²) in [5.74, 6) is 5.70. The van der Waals surface area contributed by atoms with Crippen LogP contribution in [0.15, 0.2) is 54.6 Å². The van der Waals surface area contributed by atoms with Crippen LogP contribution in [0.4, 0.5) is 5.69 Å². The lowest BCUT2D eigenvalue weighted by Crippen LogP contribution is -2.43. The molecule has 112 valence electrons. The van der Waals surface area contributed by atoms with Crippen LogP contribution in [0.3, 0.4) is 0 Å². The zero-order valence-electron chi connectivity index (χ0n) is 12.3. The summed E-state index contributed by atoms with van der Waals surface area (Å²) in [6.45, 7) is 1.48. The maximum Gasteiger partial charge on any atom is 0.243 e. The number of benzene rings is 2. The van der Waals surface area contributed by atoms with Gasteiger partial charge in [-0.3, -0.25) is 4.79 Å². The molecule has 0 bridgehead atoms. The first-order valence-electron chi connectivity index (χ1n) is 6.98. The van der Waals surface area contributed by atoms with Crippen molar-refractivity contribution in [1.29, 1.82) is 0 Å². The molecule has 0 radical (unpaired) electrons. The second kappa shape index (κ2) is 7.41. The summed E-state index contributed by atoms with van der Waals surface area (Å²) in [5.41, 5.74) is 7.98. The van der Waals surface area contributed by atoms with Crippen molar-refractivity contribution in [1.82, 2.24) is 0 Å². The first-order chi connectivity index (χ1) is 10.6. The minimum absolute atomic E-state index is 0.418. The smallest absolute Gasteiger partial charge is 0.243 e. The second-order valence-electron chi connectivity index (χ2n) is 4.95. The Bertz CT molecular complexity index is 683. The summed E-state index contributed by atoms with van der Waals surface area (Å²) < 4.78 is 0. The maximum atomic E-state index is 11.7. The predicted octanol–water partition coefficient (Wildman–Crippen LogP) is 1.73. The average Bonchev–Trinajstić information content (AvgIpc) is 2.54. The normalized spacial score (nSPS) is 12.7. The van der Waals surface area contributed by atoms with Gasteiger partial charge in [-0.15, -0.1) is 0 Å². The van der Waals surface area contributed by atoms with Gasteiger partial charge in [0, 0.05) is 16.8 Å². The molecule has 0 saturated carbocycles. The fourth-order valence-electron chi connectivity index (χ4n) is 1.75. The van der Waals surface area contributed by atoms with Gasteiger partial charge in [-0.1, -0.05) is 30.0 Å². The van der Waals surface area contributed by atoms with Crippen molar-refractivity contribution in [3.05, 3.63) is 65.7 Å². The second-order valence-corrected chi connectivity index (χ2v) is 4.95. The summed E-state index contributed by atoms with van der Waals surface area (Å²) in [4.78, 5) is 11.7. The number of carbonyl (C=O) groups is 1. The molecule has 0 fully saturated rings. The van der Waals surface area contributed by atoms with E-state index in [2.05, 4.69) is 17.2 Å². The van der Waals surface area contributed by atoms with Gasteiger partial charge < -0.3 is 16.2 Å². The van der Waals surface area contributed by atoms with Crippen molar-refractivity contribution in [2.24, 2.45) is 5.73 Å². The fraction of sp³-hybridized carbons (Fsp3) is 0.167. The Hall–Kier alpha value is -2.61. The number of rotatable bonds is 3. The summed E-state index contributed by atoms with van der Waals surface area (Å²) in [6, 6.07) is 15.9. The van der Waals surface area contributed by atoms with E-state index in [0.29, 0.717) is 5.69 Å². The van der Waals surface area contributed by atoms with Crippen molar-refractivity contribution >= 4 is 11.6 Å². The largest absolute Gasteiger partial charge is 0.391 e. The van der Waals surface area contributed by atoms with Crippen molar-refractivity contribution in [2.75, 3.05) is 5.32 Å². The van der Waals surface area contributed by atoms with Crippen LogP contribution in [-0.4, -0.2) is 23.2 Å². The molecule has 4 heteroatoms. The van der Waals surface area contributed by atoms with Crippen LogP contribution in [0.1, 0.15) is 18.1 Å². The van der Waals surface area contributed by atoms with Gasteiger partial charge in [0.25, 0.3) is 0 Å². The monoisotopic (exact) mass is 294 g/mol. The number of aliphatic hydroxyl groups excluding tert-OH is 1. The van der Waals surface area contributed by atoms with Crippen LogP contribution in [0.25, 0.3) is 0 Å².